The SMILES string of the molecule is CCS(=O)CC(=O)c1ccc(C)s1. The predicted molar refractivity (Wildman–Crippen MR) is 56.9 cm³/mol. The van der Waals surface area contributed by atoms with Crippen LogP contribution in [0.15, 0.2) is 12.1 Å². The highest BCUT2D eigenvalue weighted by Crippen LogP contribution is 2.15. The fourth-order valence-corrected chi connectivity index (χ4v) is 2.45. The summed E-state index contributed by atoms with van der Waals surface area (Å²) in [6, 6.07) is 3.71. The van der Waals surface area contributed by atoms with Gasteiger partial charge in [-0.1, -0.05) is 6.92 Å². The van der Waals surface area contributed by atoms with E-state index in [0.717, 1.165) is 9.75 Å². The standard InChI is InChI=1S/C9H12O2S2/c1-3-13(11)6-8(10)9-5-4-7(2)12-9/h4-5H,3,6H2,1-2H3. The summed E-state index contributed by atoms with van der Waals surface area (Å²) < 4.78 is 11.1. The van der Waals surface area contributed by atoms with Crippen molar-refractivity contribution in [3.05, 3.63) is 21.9 Å². The van der Waals surface area contributed by atoms with E-state index in [-0.39, 0.29) is 11.5 Å². The van der Waals surface area contributed by atoms with Gasteiger partial charge in [0.05, 0.1) is 10.6 Å². The molecule has 0 aliphatic rings. The van der Waals surface area contributed by atoms with Gasteiger partial charge in [-0.25, -0.2) is 0 Å². The molecule has 0 aliphatic heterocycles. The van der Waals surface area contributed by atoms with Gasteiger partial charge in [-0.15, -0.1) is 11.3 Å². The maximum Gasteiger partial charge on any atom is 0.185 e. The van der Waals surface area contributed by atoms with Crippen molar-refractivity contribution in [2.24, 2.45) is 0 Å². The zero-order valence-corrected chi connectivity index (χ0v) is 9.33. The fourth-order valence-electron chi connectivity index (χ4n) is 0.904. The molecule has 1 heterocycles. The van der Waals surface area contributed by atoms with Gasteiger partial charge >= 0.3 is 0 Å². The summed E-state index contributed by atoms with van der Waals surface area (Å²) in [5.74, 6) is 0.713. The van der Waals surface area contributed by atoms with Crippen LogP contribution in [0.4, 0.5) is 0 Å². The van der Waals surface area contributed by atoms with Crippen LogP contribution in [0.3, 0.4) is 0 Å². The number of thiophene rings is 1. The van der Waals surface area contributed by atoms with E-state index in [2.05, 4.69) is 0 Å². The van der Waals surface area contributed by atoms with Crippen LogP contribution in [0.2, 0.25) is 0 Å². The molecule has 2 nitrogen and oxygen atoms in total. The second kappa shape index (κ2) is 4.67. The molecule has 1 atom stereocenters. The molecule has 0 aromatic carbocycles. The van der Waals surface area contributed by atoms with Gasteiger partial charge in [-0.05, 0) is 19.1 Å². The number of hydrogen-bond donors (Lipinski definition) is 0. The van der Waals surface area contributed by atoms with Gasteiger partial charge in [0.2, 0.25) is 0 Å². The van der Waals surface area contributed by atoms with Crippen LogP contribution in [0.1, 0.15) is 21.5 Å². The molecule has 0 spiro atoms. The Morgan fingerprint density at radius 3 is 2.69 bits per heavy atom. The first-order valence-corrected chi connectivity index (χ1v) is 6.38. The minimum Gasteiger partial charge on any atom is -0.292 e. The Bertz CT molecular complexity index is 328. The highest BCUT2D eigenvalue weighted by atomic mass is 32.2. The van der Waals surface area contributed by atoms with Gasteiger partial charge < -0.3 is 0 Å². The van der Waals surface area contributed by atoms with Crippen molar-refractivity contribution < 1.29 is 9.00 Å². The van der Waals surface area contributed by atoms with Crippen molar-refractivity contribution in [3.63, 3.8) is 0 Å². The van der Waals surface area contributed by atoms with Crippen molar-refractivity contribution in [1.82, 2.24) is 0 Å². The molecule has 0 amide bonds. The second-order valence-corrected chi connectivity index (χ2v) is 5.74. The first-order chi connectivity index (χ1) is 6.13. The van der Waals surface area contributed by atoms with Crippen LogP contribution in [0.5, 0.6) is 0 Å². The highest BCUT2D eigenvalue weighted by Gasteiger charge is 2.10. The molecule has 4 heteroatoms. The van der Waals surface area contributed by atoms with Gasteiger partial charge in [0.15, 0.2) is 5.78 Å². The third-order valence-electron chi connectivity index (χ3n) is 1.63. The second-order valence-electron chi connectivity index (χ2n) is 2.71. The first kappa shape index (κ1) is 10.6. The molecular formula is C9H12O2S2. The van der Waals surface area contributed by atoms with Crippen LogP contribution in [-0.2, 0) is 10.8 Å². The summed E-state index contributed by atoms with van der Waals surface area (Å²) >= 11 is 1.46. The lowest BCUT2D eigenvalue weighted by molar-refractivity contribution is 0.102. The number of Topliss-reactive ketones (excluding diaryl/α,β-unsaturated/α-hetero) is 1. The number of hydrogen-bond acceptors (Lipinski definition) is 3. The van der Waals surface area contributed by atoms with E-state index >= 15 is 0 Å². The van der Waals surface area contributed by atoms with E-state index in [4.69, 9.17) is 0 Å². The number of carbonyl (C=O) groups excluding carboxylic acids is 1. The molecule has 1 rings (SSSR count). The van der Waals surface area contributed by atoms with Crippen LogP contribution < -0.4 is 0 Å². The minimum atomic E-state index is -0.991. The number of rotatable bonds is 4. The van der Waals surface area contributed by atoms with E-state index in [1.165, 1.54) is 11.3 Å². The molecule has 1 unspecified atom stereocenters. The quantitative estimate of drug-likeness (QED) is 0.721. The smallest absolute Gasteiger partial charge is 0.185 e. The van der Waals surface area contributed by atoms with Crippen molar-refractivity contribution in [2.45, 2.75) is 13.8 Å². The van der Waals surface area contributed by atoms with E-state index in [0.29, 0.717) is 5.75 Å². The maximum absolute atomic E-state index is 11.4. The maximum atomic E-state index is 11.4. The molecule has 0 N–H and O–H groups in total. The monoisotopic (exact) mass is 216 g/mol. The average Bonchev–Trinajstić information content (AvgIpc) is 2.51. The van der Waals surface area contributed by atoms with Gasteiger partial charge in [0, 0.05) is 21.4 Å². The molecule has 72 valence electrons. The molecule has 0 aliphatic carbocycles. The largest absolute Gasteiger partial charge is 0.292 e. The summed E-state index contributed by atoms with van der Waals surface area (Å²) in [7, 11) is -0.991. The van der Waals surface area contributed by atoms with Crippen LogP contribution in [0.25, 0.3) is 0 Å². The van der Waals surface area contributed by atoms with Gasteiger partial charge in [-0.2, -0.15) is 0 Å². The Hall–Kier alpha value is -0.480. The summed E-state index contributed by atoms with van der Waals surface area (Å²) in [5, 5.41) is 0. The van der Waals surface area contributed by atoms with Crippen LogP contribution in [0, 0.1) is 6.92 Å². The van der Waals surface area contributed by atoms with Gasteiger partial charge in [0.1, 0.15) is 0 Å². The summed E-state index contributed by atoms with van der Waals surface area (Å²) in [6.45, 7) is 3.78. The third kappa shape index (κ3) is 3.04. The van der Waals surface area contributed by atoms with E-state index in [1.54, 1.807) is 6.07 Å². The molecule has 0 bridgehead atoms. The normalized spacial score (nSPS) is 12.8. The molecule has 13 heavy (non-hydrogen) atoms. The lowest BCUT2D eigenvalue weighted by Gasteiger charge is -1.95. The Morgan fingerprint density at radius 2 is 2.23 bits per heavy atom. The van der Waals surface area contributed by atoms with Gasteiger partial charge in [0.25, 0.3) is 0 Å². The molecule has 0 fully saturated rings. The minimum absolute atomic E-state index is 0.00159. The first-order valence-electron chi connectivity index (χ1n) is 4.08. The molecular weight excluding hydrogens is 204 g/mol. The molecule has 0 radical (unpaired) electrons. The Balaban J connectivity index is 2.64. The lowest BCUT2D eigenvalue weighted by atomic mass is 10.3. The number of ketones is 1. The summed E-state index contributed by atoms with van der Waals surface area (Å²) in [5.41, 5.74) is 0. The molecule has 0 saturated carbocycles. The Morgan fingerprint density at radius 1 is 1.54 bits per heavy atom. The molecule has 1 aromatic rings. The Labute approximate surface area is 84.4 Å². The number of carbonyl (C=O) groups is 1. The fraction of sp³-hybridized carbons (Fsp3) is 0.444. The third-order valence-corrected chi connectivity index (χ3v) is 3.90. The summed E-state index contributed by atoms with van der Waals surface area (Å²) in [6.07, 6.45) is 0. The van der Waals surface area contributed by atoms with Gasteiger partial charge in [-0.3, -0.25) is 9.00 Å². The van der Waals surface area contributed by atoms with Crippen molar-refractivity contribution >= 4 is 27.9 Å². The van der Waals surface area contributed by atoms with E-state index in [1.807, 2.05) is 19.9 Å². The highest BCUT2D eigenvalue weighted by molar-refractivity contribution is 7.85. The molecule has 1 aromatic heterocycles. The Kier molecular flexibility index (Phi) is 3.81. The van der Waals surface area contributed by atoms with E-state index < -0.39 is 10.8 Å². The average molecular weight is 216 g/mol. The van der Waals surface area contributed by atoms with Crippen LogP contribution >= 0.6 is 11.3 Å². The topological polar surface area (TPSA) is 34.1 Å². The lowest BCUT2D eigenvalue weighted by Crippen LogP contribution is -2.10. The summed E-state index contributed by atoms with van der Waals surface area (Å²) in [4.78, 5) is 13.3. The van der Waals surface area contributed by atoms with Crippen LogP contribution in [-0.4, -0.2) is 21.5 Å². The van der Waals surface area contributed by atoms with Crippen molar-refractivity contribution in [1.29, 1.82) is 0 Å². The number of aryl methyl sites for hydroxylation is 1. The van der Waals surface area contributed by atoms with Crippen molar-refractivity contribution in [3.8, 4) is 0 Å². The van der Waals surface area contributed by atoms with E-state index in [9.17, 15) is 9.00 Å². The zero-order valence-electron chi connectivity index (χ0n) is 7.70. The van der Waals surface area contributed by atoms with Crippen molar-refractivity contribution in [2.75, 3.05) is 11.5 Å². The zero-order chi connectivity index (χ0) is 9.84. The predicted octanol–water partition coefficient (Wildman–Crippen LogP) is 2.01. The molecule has 0 saturated heterocycles.